The van der Waals surface area contributed by atoms with Crippen molar-refractivity contribution in [2.45, 2.75) is 18.1 Å². The lowest BCUT2D eigenvalue weighted by Crippen LogP contribution is -3.00. The minimum atomic E-state index is 0. The Labute approximate surface area is 190 Å². The van der Waals surface area contributed by atoms with E-state index in [-0.39, 0.29) is 12.4 Å². The summed E-state index contributed by atoms with van der Waals surface area (Å²) >= 11 is 7.69. The molecule has 0 aliphatic rings. The van der Waals surface area contributed by atoms with Gasteiger partial charge in [0, 0.05) is 16.3 Å². The first kappa shape index (κ1) is 22.4. The maximum absolute atomic E-state index is 6.05. The Hall–Kier alpha value is -2.32. The van der Waals surface area contributed by atoms with E-state index in [1.807, 2.05) is 66.7 Å². The van der Waals surface area contributed by atoms with Crippen LogP contribution in [0.4, 0.5) is 0 Å². The van der Waals surface area contributed by atoms with Crippen LogP contribution in [0.15, 0.2) is 76.3 Å². The third-order valence-corrected chi connectivity index (χ3v) is 5.48. The number of benzene rings is 2. The van der Waals surface area contributed by atoms with Gasteiger partial charge in [0.15, 0.2) is 0 Å². The number of nitrogens with zero attached hydrogens (tertiary/aromatic N) is 4. The van der Waals surface area contributed by atoms with Gasteiger partial charge in [-0.15, -0.1) is 5.10 Å². The molecule has 0 atom stereocenters. The lowest BCUT2D eigenvalue weighted by molar-refractivity contribution is -0.00000638. The molecule has 2 heterocycles. The molecule has 2 aromatic heterocycles. The SMILES string of the molecule is Clc1cccc(-c2ccc(CNCCCSc3nnnn3-c3ccccc3)o2)c1.[Cl-]. The molecule has 156 valence electrons. The summed E-state index contributed by atoms with van der Waals surface area (Å²) in [5.74, 6) is 2.65. The summed E-state index contributed by atoms with van der Waals surface area (Å²) in [5, 5.41) is 16.9. The molecule has 0 bridgehead atoms. The second-order valence-electron chi connectivity index (χ2n) is 6.36. The fraction of sp³-hybridized carbons (Fsp3) is 0.190. The molecule has 0 aliphatic carbocycles. The van der Waals surface area contributed by atoms with Crippen molar-refractivity contribution in [3.05, 3.63) is 77.5 Å². The number of aromatic nitrogens is 4. The van der Waals surface area contributed by atoms with Crippen molar-refractivity contribution in [1.82, 2.24) is 25.5 Å². The maximum Gasteiger partial charge on any atom is 0.214 e. The van der Waals surface area contributed by atoms with Crippen LogP contribution in [0.3, 0.4) is 0 Å². The fourth-order valence-electron chi connectivity index (χ4n) is 2.84. The summed E-state index contributed by atoms with van der Waals surface area (Å²) in [6, 6.07) is 21.5. The monoisotopic (exact) mass is 460 g/mol. The van der Waals surface area contributed by atoms with Gasteiger partial charge in [0.1, 0.15) is 11.5 Å². The summed E-state index contributed by atoms with van der Waals surface area (Å²) < 4.78 is 7.66. The van der Waals surface area contributed by atoms with Crippen LogP contribution < -0.4 is 17.7 Å². The molecule has 2 aromatic carbocycles. The average Bonchev–Trinajstić information content (AvgIpc) is 3.41. The molecule has 0 spiro atoms. The Morgan fingerprint density at radius 3 is 2.73 bits per heavy atom. The van der Waals surface area contributed by atoms with Crippen LogP contribution in [0.1, 0.15) is 12.2 Å². The largest absolute Gasteiger partial charge is 1.00 e. The molecule has 1 N–H and O–H groups in total. The molecule has 0 radical (unpaired) electrons. The van der Waals surface area contributed by atoms with Crippen LogP contribution in [-0.4, -0.2) is 32.5 Å². The number of nitrogens with one attached hydrogen (secondary N) is 1. The van der Waals surface area contributed by atoms with Crippen LogP contribution in [0, 0.1) is 0 Å². The topological polar surface area (TPSA) is 68.8 Å². The fourth-order valence-corrected chi connectivity index (χ4v) is 3.86. The highest BCUT2D eigenvalue weighted by molar-refractivity contribution is 7.99. The van der Waals surface area contributed by atoms with E-state index in [1.165, 1.54) is 0 Å². The molecular weight excluding hydrogens is 441 g/mol. The van der Waals surface area contributed by atoms with Crippen LogP contribution in [0.25, 0.3) is 17.0 Å². The second kappa shape index (κ2) is 11.2. The quantitative estimate of drug-likeness (QED) is 0.303. The number of rotatable bonds is 9. The van der Waals surface area contributed by atoms with E-state index in [1.54, 1.807) is 16.4 Å². The van der Waals surface area contributed by atoms with Gasteiger partial charge in [0.25, 0.3) is 0 Å². The zero-order valence-electron chi connectivity index (χ0n) is 16.0. The molecule has 0 fully saturated rings. The summed E-state index contributed by atoms with van der Waals surface area (Å²) in [7, 11) is 0. The summed E-state index contributed by atoms with van der Waals surface area (Å²) in [5.41, 5.74) is 1.95. The molecule has 4 rings (SSSR count). The maximum atomic E-state index is 6.05. The highest BCUT2D eigenvalue weighted by atomic mass is 35.5. The van der Waals surface area contributed by atoms with Gasteiger partial charge < -0.3 is 22.1 Å². The number of halogens is 2. The van der Waals surface area contributed by atoms with Crippen molar-refractivity contribution in [1.29, 1.82) is 0 Å². The van der Waals surface area contributed by atoms with E-state index in [0.717, 1.165) is 46.6 Å². The Morgan fingerprint density at radius 2 is 1.90 bits per heavy atom. The number of furan rings is 1. The Kier molecular flexibility index (Phi) is 8.33. The van der Waals surface area contributed by atoms with Gasteiger partial charge in [-0.3, -0.25) is 0 Å². The molecule has 0 unspecified atom stereocenters. The smallest absolute Gasteiger partial charge is 0.214 e. The Morgan fingerprint density at radius 1 is 1.03 bits per heavy atom. The van der Waals surface area contributed by atoms with Crippen molar-refractivity contribution in [3.8, 4) is 17.0 Å². The summed E-state index contributed by atoms with van der Waals surface area (Å²) in [6.07, 6.45) is 0.994. The van der Waals surface area contributed by atoms with Crippen LogP contribution in [-0.2, 0) is 6.54 Å². The second-order valence-corrected chi connectivity index (χ2v) is 7.86. The number of thioether (sulfide) groups is 1. The first-order chi connectivity index (χ1) is 14.3. The van der Waals surface area contributed by atoms with Crippen LogP contribution >= 0.6 is 23.4 Å². The van der Waals surface area contributed by atoms with Gasteiger partial charge in [0.2, 0.25) is 5.16 Å². The van der Waals surface area contributed by atoms with E-state index < -0.39 is 0 Å². The lowest BCUT2D eigenvalue weighted by Gasteiger charge is -2.05. The number of tetrazole rings is 1. The van der Waals surface area contributed by atoms with E-state index in [4.69, 9.17) is 16.0 Å². The van der Waals surface area contributed by atoms with E-state index in [0.29, 0.717) is 11.6 Å². The van der Waals surface area contributed by atoms with Crippen LogP contribution in [0.2, 0.25) is 5.02 Å². The predicted octanol–water partition coefficient (Wildman–Crippen LogP) is 1.85. The minimum absolute atomic E-state index is 0. The molecular formula is C21H20Cl2N5OS-. The number of hydrogen-bond acceptors (Lipinski definition) is 6. The van der Waals surface area contributed by atoms with Crippen molar-refractivity contribution >= 4 is 23.4 Å². The Bertz CT molecular complexity index is 1050. The van der Waals surface area contributed by atoms with E-state index >= 15 is 0 Å². The van der Waals surface area contributed by atoms with Gasteiger partial charge in [0.05, 0.1) is 12.2 Å². The molecule has 0 aliphatic heterocycles. The molecule has 0 amide bonds. The minimum Gasteiger partial charge on any atom is -1.00 e. The molecule has 0 saturated heterocycles. The zero-order chi connectivity index (χ0) is 19.9. The van der Waals surface area contributed by atoms with Gasteiger partial charge in [-0.05, 0) is 59.8 Å². The van der Waals surface area contributed by atoms with Gasteiger partial charge in [-0.25, -0.2) is 0 Å². The third kappa shape index (κ3) is 5.86. The molecule has 30 heavy (non-hydrogen) atoms. The van der Waals surface area contributed by atoms with E-state index in [9.17, 15) is 0 Å². The van der Waals surface area contributed by atoms with E-state index in [2.05, 4.69) is 20.8 Å². The highest BCUT2D eigenvalue weighted by Gasteiger charge is 2.08. The summed E-state index contributed by atoms with van der Waals surface area (Å²) in [6.45, 7) is 1.57. The van der Waals surface area contributed by atoms with Crippen molar-refractivity contribution < 1.29 is 16.8 Å². The first-order valence-electron chi connectivity index (χ1n) is 9.31. The Balaban J connectivity index is 0.00000256. The highest BCUT2D eigenvalue weighted by Crippen LogP contribution is 2.24. The average molecular weight is 461 g/mol. The molecule has 9 heteroatoms. The van der Waals surface area contributed by atoms with Gasteiger partial charge in [-0.2, -0.15) is 4.68 Å². The van der Waals surface area contributed by atoms with Crippen molar-refractivity contribution in [2.24, 2.45) is 0 Å². The molecule has 6 nitrogen and oxygen atoms in total. The predicted molar refractivity (Wildman–Crippen MR) is 115 cm³/mol. The zero-order valence-corrected chi connectivity index (χ0v) is 18.4. The van der Waals surface area contributed by atoms with Crippen LogP contribution in [0.5, 0.6) is 0 Å². The molecule has 0 saturated carbocycles. The van der Waals surface area contributed by atoms with Crippen molar-refractivity contribution in [3.63, 3.8) is 0 Å². The lowest BCUT2D eigenvalue weighted by atomic mass is 10.2. The first-order valence-corrected chi connectivity index (χ1v) is 10.7. The molecule has 4 aromatic rings. The number of para-hydroxylation sites is 1. The third-order valence-electron chi connectivity index (χ3n) is 4.24. The van der Waals surface area contributed by atoms with Gasteiger partial charge in [-0.1, -0.05) is 53.7 Å². The standard InChI is InChI=1S/C21H20ClN5OS.ClH/c22-17-7-4-6-16(14-17)20-11-10-19(28-20)15-23-12-5-13-29-21-24-25-26-27(21)18-8-2-1-3-9-18;/h1-4,6-11,14,23H,5,12-13,15H2;1H/p-1. The normalized spacial score (nSPS) is 10.7. The van der Waals surface area contributed by atoms with Crippen molar-refractivity contribution in [2.75, 3.05) is 12.3 Å². The summed E-state index contributed by atoms with van der Waals surface area (Å²) in [4.78, 5) is 0. The number of hydrogen-bond donors (Lipinski definition) is 1. The van der Waals surface area contributed by atoms with Gasteiger partial charge >= 0.3 is 0 Å².